The maximum atomic E-state index is 11.5. The number of nitrogens with one attached hydrogen (secondary N) is 1. The predicted molar refractivity (Wildman–Crippen MR) is 105 cm³/mol. The second-order valence-electron chi connectivity index (χ2n) is 7.19. The van der Waals surface area contributed by atoms with Gasteiger partial charge < -0.3 is 5.32 Å². The second-order valence-corrected chi connectivity index (χ2v) is 7.19. The van der Waals surface area contributed by atoms with Crippen LogP contribution in [0.25, 0.3) is 5.57 Å². The highest BCUT2D eigenvalue weighted by atomic mass is 16.1. The zero-order valence-electron chi connectivity index (χ0n) is 15.5. The van der Waals surface area contributed by atoms with Crippen molar-refractivity contribution in [3.63, 3.8) is 0 Å². The number of aryl methyl sites for hydroxylation is 3. The molecule has 0 radical (unpaired) electrons. The normalized spacial score (nSPS) is 15.9. The maximum absolute atomic E-state index is 11.5. The lowest BCUT2D eigenvalue weighted by atomic mass is 9.97. The Morgan fingerprint density at radius 2 is 2.00 bits per heavy atom. The number of carbonyl (C=O) groups excluding carboxylic acids is 1. The molecule has 0 spiro atoms. The molecule has 0 aromatic heterocycles. The molecular formula is C23H27NO. The van der Waals surface area contributed by atoms with Crippen molar-refractivity contribution in [1.29, 1.82) is 0 Å². The van der Waals surface area contributed by atoms with Gasteiger partial charge in [0, 0.05) is 11.6 Å². The van der Waals surface area contributed by atoms with E-state index in [-0.39, 0.29) is 5.78 Å². The number of hydrogen-bond donors (Lipinski definition) is 1. The minimum atomic E-state index is 0.143. The van der Waals surface area contributed by atoms with Gasteiger partial charge in [0.1, 0.15) is 0 Å². The third-order valence-corrected chi connectivity index (χ3v) is 5.21. The number of ketones is 1. The van der Waals surface area contributed by atoms with E-state index in [1.807, 2.05) is 6.07 Å². The molecule has 2 aromatic rings. The zero-order valence-corrected chi connectivity index (χ0v) is 15.5. The van der Waals surface area contributed by atoms with Gasteiger partial charge in [-0.2, -0.15) is 0 Å². The van der Waals surface area contributed by atoms with Crippen molar-refractivity contribution < 1.29 is 4.79 Å². The van der Waals surface area contributed by atoms with Gasteiger partial charge in [-0.1, -0.05) is 42.5 Å². The fourth-order valence-electron chi connectivity index (χ4n) is 3.79. The summed E-state index contributed by atoms with van der Waals surface area (Å²) in [5, 5.41) is 3.67. The Balaban J connectivity index is 1.59. The summed E-state index contributed by atoms with van der Waals surface area (Å²) in [6, 6.07) is 13.1. The molecule has 0 aliphatic heterocycles. The van der Waals surface area contributed by atoms with Crippen molar-refractivity contribution in [3.05, 3.63) is 76.4 Å². The Bertz CT molecular complexity index is 819. The molecule has 0 amide bonds. The quantitative estimate of drug-likeness (QED) is 0.737. The van der Waals surface area contributed by atoms with E-state index in [1.54, 1.807) is 6.92 Å². The minimum absolute atomic E-state index is 0.143. The van der Waals surface area contributed by atoms with Gasteiger partial charge in [-0.25, -0.2) is 0 Å². The highest BCUT2D eigenvalue weighted by Crippen LogP contribution is 2.32. The van der Waals surface area contributed by atoms with E-state index in [1.165, 1.54) is 33.4 Å². The Kier molecular flexibility index (Phi) is 5.19. The van der Waals surface area contributed by atoms with Crippen molar-refractivity contribution in [3.8, 4) is 0 Å². The lowest BCUT2D eigenvalue weighted by Crippen LogP contribution is -2.20. The molecule has 0 bridgehead atoms. The smallest absolute Gasteiger partial charge is 0.159 e. The third-order valence-electron chi connectivity index (χ3n) is 5.21. The molecule has 3 rings (SSSR count). The zero-order chi connectivity index (χ0) is 18.0. The Labute approximate surface area is 151 Å². The molecule has 0 fully saturated rings. The van der Waals surface area contributed by atoms with Crippen LogP contribution >= 0.6 is 0 Å². The molecule has 1 unspecified atom stereocenters. The van der Waals surface area contributed by atoms with Crippen LogP contribution in [0.3, 0.4) is 0 Å². The van der Waals surface area contributed by atoms with E-state index in [0.29, 0.717) is 6.04 Å². The summed E-state index contributed by atoms with van der Waals surface area (Å²) in [5.41, 5.74) is 8.54. The van der Waals surface area contributed by atoms with E-state index >= 15 is 0 Å². The highest BCUT2D eigenvalue weighted by molar-refractivity contribution is 5.94. The topological polar surface area (TPSA) is 29.1 Å². The minimum Gasteiger partial charge on any atom is -0.310 e. The van der Waals surface area contributed by atoms with E-state index in [4.69, 9.17) is 0 Å². The van der Waals surface area contributed by atoms with Crippen molar-refractivity contribution in [2.75, 3.05) is 6.54 Å². The summed E-state index contributed by atoms with van der Waals surface area (Å²) < 4.78 is 0. The molecule has 0 saturated heterocycles. The van der Waals surface area contributed by atoms with Crippen LogP contribution in [0.4, 0.5) is 0 Å². The van der Waals surface area contributed by atoms with Crippen LogP contribution in [0, 0.1) is 13.8 Å². The van der Waals surface area contributed by atoms with Crippen LogP contribution in [0.15, 0.2) is 43.0 Å². The molecular weight excluding hydrogens is 306 g/mol. The molecule has 0 heterocycles. The summed E-state index contributed by atoms with van der Waals surface area (Å²) in [7, 11) is 0. The molecule has 1 aliphatic rings. The standard InChI is InChI=1S/C23H27NO/c1-15-5-8-21(17(3)13-15)16(2)11-12-24-23-10-7-20-14-19(18(4)25)6-9-22(20)23/h5-6,8-9,13-14,23-24H,2,7,10-12H2,1,3-4H3. The average molecular weight is 333 g/mol. The molecule has 1 N–H and O–H groups in total. The Morgan fingerprint density at radius 3 is 2.72 bits per heavy atom. The summed E-state index contributed by atoms with van der Waals surface area (Å²) in [4.78, 5) is 11.5. The number of carbonyl (C=O) groups is 1. The number of hydrogen-bond acceptors (Lipinski definition) is 2. The largest absolute Gasteiger partial charge is 0.310 e. The van der Waals surface area contributed by atoms with Crippen molar-refractivity contribution >= 4 is 11.4 Å². The van der Waals surface area contributed by atoms with Crippen molar-refractivity contribution in [2.45, 2.75) is 46.1 Å². The fourth-order valence-corrected chi connectivity index (χ4v) is 3.79. The number of benzene rings is 2. The number of Topliss-reactive ketones (excluding diaryl/α,β-unsaturated/α-hetero) is 1. The Morgan fingerprint density at radius 1 is 1.20 bits per heavy atom. The summed E-state index contributed by atoms with van der Waals surface area (Å²) in [6.07, 6.45) is 3.10. The molecule has 1 atom stereocenters. The number of rotatable bonds is 6. The van der Waals surface area contributed by atoms with Crippen LogP contribution in [0.2, 0.25) is 0 Å². The van der Waals surface area contributed by atoms with Gasteiger partial charge in [-0.3, -0.25) is 4.79 Å². The highest BCUT2D eigenvalue weighted by Gasteiger charge is 2.22. The molecule has 2 nitrogen and oxygen atoms in total. The van der Waals surface area contributed by atoms with Crippen LogP contribution in [0.5, 0.6) is 0 Å². The fraction of sp³-hybridized carbons (Fsp3) is 0.348. The second kappa shape index (κ2) is 7.37. The first-order valence-corrected chi connectivity index (χ1v) is 9.08. The van der Waals surface area contributed by atoms with Crippen molar-refractivity contribution in [1.82, 2.24) is 5.32 Å². The van der Waals surface area contributed by atoms with Gasteiger partial charge >= 0.3 is 0 Å². The van der Waals surface area contributed by atoms with E-state index < -0.39 is 0 Å². The summed E-state index contributed by atoms with van der Waals surface area (Å²) in [6.45, 7) is 11.1. The van der Waals surface area contributed by atoms with Gasteiger partial charge in [0.25, 0.3) is 0 Å². The predicted octanol–water partition coefficient (Wildman–Crippen LogP) is 5.19. The van der Waals surface area contributed by atoms with E-state index in [0.717, 1.165) is 31.4 Å². The van der Waals surface area contributed by atoms with E-state index in [2.05, 4.69) is 56.1 Å². The molecule has 2 aromatic carbocycles. The van der Waals surface area contributed by atoms with Gasteiger partial charge in [0.05, 0.1) is 0 Å². The monoisotopic (exact) mass is 333 g/mol. The van der Waals surface area contributed by atoms with Crippen LogP contribution < -0.4 is 5.32 Å². The first-order valence-electron chi connectivity index (χ1n) is 9.08. The van der Waals surface area contributed by atoms with Gasteiger partial charge in [0.15, 0.2) is 5.78 Å². The molecule has 1 aliphatic carbocycles. The Hall–Kier alpha value is -2.19. The molecule has 25 heavy (non-hydrogen) atoms. The number of fused-ring (bicyclic) bond motifs is 1. The lowest BCUT2D eigenvalue weighted by Gasteiger charge is -2.16. The SMILES string of the molecule is C=C(CCNC1CCc2cc(C(C)=O)ccc21)c1ccc(C)cc1C. The molecule has 130 valence electrons. The maximum Gasteiger partial charge on any atom is 0.159 e. The third kappa shape index (κ3) is 3.91. The summed E-state index contributed by atoms with van der Waals surface area (Å²) in [5.74, 6) is 0.143. The first kappa shape index (κ1) is 17.6. The molecule has 0 saturated carbocycles. The van der Waals surface area contributed by atoms with E-state index in [9.17, 15) is 4.79 Å². The van der Waals surface area contributed by atoms with Gasteiger partial charge in [-0.15, -0.1) is 0 Å². The average Bonchev–Trinajstić information content (AvgIpc) is 2.97. The van der Waals surface area contributed by atoms with Crippen LogP contribution in [0.1, 0.15) is 64.0 Å². The van der Waals surface area contributed by atoms with Crippen LogP contribution in [-0.2, 0) is 6.42 Å². The first-order chi connectivity index (χ1) is 12.0. The van der Waals surface area contributed by atoms with Gasteiger partial charge in [-0.05, 0) is 80.5 Å². The molecule has 2 heteroatoms. The van der Waals surface area contributed by atoms with Gasteiger partial charge in [0.2, 0.25) is 0 Å². The van der Waals surface area contributed by atoms with Crippen molar-refractivity contribution in [2.24, 2.45) is 0 Å². The lowest BCUT2D eigenvalue weighted by molar-refractivity contribution is 0.101. The summed E-state index contributed by atoms with van der Waals surface area (Å²) >= 11 is 0. The van der Waals surface area contributed by atoms with Crippen LogP contribution in [-0.4, -0.2) is 12.3 Å².